The Morgan fingerprint density at radius 2 is 2.00 bits per heavy atom. The van der Waals surface area contributed by atoms with Gasteiger partial charge in [0.1, 0.15) is 0 Å². The highest BCUT2D eigenvalue weighted by Crippen LogP contribution is 2.23. The lowest BCUT2D eigenvalue weighted by atomic mass is 10.2. The van der Waals surface area contributed by atoms with Gasteiger partial charge in [0.25, 0.3) is 0 Å². The fraction of sp³-hybridized carbons (Fsp3) is 0.538. The lowest BCUT2D eigenvalue weighted by molar-refractivity contribution is 0.159. The fourth-order valence-electron chi connectivity index (χ4n) is 2.34. The quantitative estimate of drug-likeness (QED) is 0.874. The van der Waals surface area contributed by atoms with E-state index < -0.39 is 16.1 Å². The van der Waals surface area contributed by atoms with Gasteiger partial charge in [-0.15, -0.1) is 0 Å². The van der Waals surface area contributed by atoms with Crippen molar-refractivity contribution in [2.75, 3.05) is 0 Å². The molecule has 0 heterocycles. The second-order valence-corrected chi connectivity index (χ2v) is 6.68. The maximum absolute atomic E-state index is 12.3. The summed E-state index contributed by atoms with van der Waals surface area (Å²) in [5.41, 5.74) is 1.63. The Morgan fingerprint density at radius 1 is 1.28 bits per heavy atom. The van der Waals surface area contributed by atoms with Crippen molar-refractivity contribution in [2.45, 2.75) is 50.2 Å². The normalized spacial score (nSPS) is 24.4. The third-order valence-electron chi connectivity index (χ3n) is 3.42. The van der Waals surface area contributed by atoms with Crippen LogP contribution in [-0.4, -0.2) is 25.7 Å². The minimum Gasteiger partial charge on any atom is -0.391 e. The van der Waals surface area contributed by atoms with Gasteiger partial charge in [0.2, 0.25) is 10.0 Å². The number of hydrogen-bond donors (Lipinski definition) is 2. The van der Waals surface area contributed by atoms with Crippen molar-refractivity contribution in [3.63, 3.8) is 0 Å². The summed E-state index contributed by atoms with van der Waals surface area (Å²) >= 11 is 0. The van der Waals surface area contributed by atoms with Gasteiger partial charge in [0.05, 0.1) is 11.0 Å². The van der Waals surface area contributed by atoms with Gasteiger partial charge in [-0.1, -0.05) is 12.1 Å². The van der Waals surface area contributed by atoms with Crippen molar-refractivity contribution >= 4 is 10.0 Å². The first kappa shape index (κ1) is 13.5. The molecule has 2 atom stereocenters. The molecule has 1 fully saturated rings. The molecule has 18 heavy (non-hydrogen) atoms. The number of rotatable bonds is 3. The molecule has 0 spiro atoms. The fourth-order valence-corrected chi connectivity index (χ4v) is 3.97. The van der Waals surface area contributed by atoms with Crippen molar-refractivity contribution in [1.29, 1.82) is 0 Å². The number of aryl methyl sites for hydroxylation is 2. The molecule has 0 radical (unpaired) electrons. The molecule has 100 valence electrons. The van der Waals surface area contributed by atoms with Crippen LogP contribution in [0, 0.1) is 13.8 Å². The number of sulfonamides is 1. The number of aliphatic hydroxyl groups excluding tert-OH is 1. The molecule has 4 nitrogen and oxygen atoms in total. The molecule has 2 N–H and O–H groups in total. The zero-order chi connectivity index (χ0) is 13.3. The molecule has 0 aromatic heterocycles. The van der Waals surface area contributed by atoms with Crippen LogP contribution in [0.4, 0.5) is 0 Å². The van der Waals surface area contributed by atoms with E-state index in [2.05, 4.69) is 4.72 Å². The van der Waals surface area contributed by atoms with E-state index in [9.17, 15) is 13.5 Å². The predicted molar refractivity (Wildman–Crippen MR) is 69.9 cm³/mol. The standard InChI is InChI=1S/C13H19NO3S/c1-9-6-7-10(2)13(8-9)18(16,17)14-11-4-3-5-12(11)15/h6-8,11-12,14-15H,3-5H2,1-2H3. The topological polar surface area (TPSA) is 66.4 Å². The van der Waals surface area contributed by atoms with E-state index in [4.69, 9.17) is 0 Å². The van der Waals surface area contributed by atoms with Crippen LogP contribution in [0.3, 0.4) is 0 Å². The van der Waals surface area contributed by atoms with Crippen molar-refractivity contribution in [3.8, 4) is 0 Å². The van der Waals surface area contributed by atoms with Crippen LogP contribution in [0.25, 0.3) is 0 Å². The number of benzene rings is 1. The molecule has 1 aliphatic rings. The van der Waals surface area contributed by atoms with Gasteiger partial charge in [0.15, 0.2) is 0 Å². The lowest BCUT2D eigenvalue weighted by Crippen LogP contribution is -2.40. The van der Waals surface area contributed by atoms with Gasteiger partial charge in [-0.3, -0.25) is 0 Å². The molecular formula is C13H19NO3S. The van der Waals surface area contributed by atoms with E-state index in [0.717, 1.165) is 17.5 Å². The van der Waals surface area contributed by atoms with Crippen LogP contribution in [-0.2, 0) is 10.0 Å². The minimum absolute atomic E-state index is 0.307. The first-order chi connectivity index (χ1) is 8.40. The van der Waals surface area contributed by atoms with Crippen LogP contribution in [0.1, 0.15) is 30.4 Å². The molecule has 0 aliphatic heterocycles. The smallest absolute Gasteiger partial charge is 0.241 e. The molecule has 1 aliphatic carbocycles. The molecule has 1 aromatic rings. The van der Waals surface area contributed by atoms with Crippen LogP contribution in [0.15, 0.2) is 23.1 Å². The molecule has 0 amide bonds. The van der Waals surface area contributed by atoms with Crippen molar-refractivity contribution in [1.82, 2.24) is 4.72 Å². The number of aliphatic hydroxyl groups is 1. The summed E-state index contributed by atoms with van der Waals surface area (Å²) in [5, 5.41) is 9.70. The molecule has 0 saturated heterocycles. The van der Waals surface area contributed by atoms with Crippen LogP contribution < -0.4 is 4.72 Å². The number of nitrogens with one attached hydrogen (secondary N) is 1. The zero-order valence-corrected chi connectivity index (χ0v) is 11.5. The summed E-state index contributed by atoms with van der Waals surface area (Å²) < 4.78 is 27.2. The molecule has 1 saturated carbocycles. The third kappa shape index (κ3) is 2.74. The Bertz CT molecular complexity index is 539. The highest BCUT2D eigenvalue weighted by molar-refractivity contribution is 7.89. The maximum atomic E-state index is 12.3. The van der Waals surface area contributed by atoms with E-state index in [0.29, 0.717) is 17.7 Å². The summed E-state index contributed by atoms with van der Waals surface area (Å²) in [7, 11) is -3.54. The van der Waals surface area contributed by atoms with E-state index in [1.807, 2.05) is 13.0 Å². The third-order valence-corrected chi connectivity index (χ3v) is 5.05. The molecular weight excluding hydrogens is 250 g/mol. The first-order valence-corrected chi connectivity index (χ1v) is 7.66. The largest absolute Gasteiger partial charge is 0.391 e. The Balaban J connectivity index is 2.28. The molecule has 0 bridgehead atoms. The molecule has 2 unspecified atom stereocenters. The van der Waals surface area contributed by atoms with Gasteiger partial charge in [-0.2, -0.15) is 0 Å². The Kier molecular flexibility index (Phi) is 3.75. The molecule has 2 rings (SSSR count). The zero-order valence-electron chi connectivity index (χ0n) is 10.7. The van der Waals surface area contributed by atoms with Gasteiger partial charge in [-0.05, 0) is 50.3 Å². The average Bonchev–Trinajstić information content (AvgIpc) is 2.67. The van der Waals surface area contributed by atoms with E-state index in [-0.39, 0.29) is 6.04 Å². The summed E-state index contributed by atoms with van der Waals surface area (Å²) in [5.74, 6) is 0. The molecule has 5 heteroatoms. The predicted octanol–water partition coefficient (Wildman–Crippen LogP) is 1.50. The van der Waals surface area contributed by atoms with Gasteiger partial charge < -0.3 is 5.11 Å². The Hall–Kier alpha value is -0.910. The van der Waals surface area contributed by atoms with E-state index in [1.54, 1.807) is 19.1 Å². The highest BCUT2D eigenvalue weighted by atomic mass is 32.2. The van der Waals surface area contributed by atoms with E-state index in [1.165, 1.54) is 0 Å². The average molecular weight is 269 g/mol. The Labute approximate surface area is 108 Å². The van der Waals surface area contributed by atoms with Crippen LogP contribution >= 0.6 is 0 Å². The number of hydrogen-bond acceptors (Lipinski definition) is 3. The first-order valence-electron chi connectivity index (χ1n) is 6.18. The highest BCUT2D eigenvalue weighted by Gasteiger charge is 2.30. The van der Waals surface area contributed by atoms with Crippen LogP contribution in [0.2, 0.25) is 0 Å². The van der Waals surface area contributed by atoms with Gasteiger partial charge >= 0.3 is 0 Å². The Morgan fingerprint density at radius 3 is 2.61 bits per heavy atom. The summed E-state index contributed by atoms with van der Waals surface area (Å²) in [6, 6.07) is 5.00. The van der Waals surface area contributed by atoms with Crippen molar-refractivity contribution in [2.24, 2.45) is 0 Å². The SMILES string of the molecule is Cc1ccc(C)c(S(=O)(=O)NC2CCCC2O)c1. The monoisotopic (exact) mass is 269 g/mol. The van der Waals surface area contributed by atoms with Crippen molar-refractivity contribution < 1.29 is 13.5 Å². The minimum atomic E-state index is -3.54. The summed E-state index contributed by atoms with van der Waals surface area (Å²) in [6.07, 6.45) is 1.66. The second kappa shape index (κ2) is 4.99. The molecule has 1 aromatic carbocycles. The van der Waals surface area contributed by atoms with Crippen LogP contribution in [0.5, 0.6) is 0 Å². The van der Waals surface area contributed by atoms with Gasteiger partial charge in [-0.25, -0.2) is 13.1 Å². The van der Waals surface area contributed by atoms with E-state index >= 15 is 0 Å². The second-order valence-electron chi connectivity index (χ2n) is 4.99. The lowest BCUT2D eigenvalue weighted by Gasteiger charge is -2.17. The van der Waals surface area contributed by atoms with Gasteiger partial charge in [0, 0.05) is 6.04 Å². The summed E-state index contributed by atoms with van der Waals surface area (Å²) in [4.78, 5) is 0.307. The van der Waals surface area contributed by atoms with Crippen molar-refractivity contribution in [3.05, 3.63) is 29.3 Å². The summed E-state index contributed by atoms with van der Waals surface area (Å²) in [6.45, 7) is 3.64. The maximum Gasteiger partial charge on any atom is 0.241 e.